The summed E-state index contributed by atoms with van der Waals surface area (Å²) in [6.07, 6.45) is 0. The normalized spacial score (nSPS) is 18.3. The third kappa shape index (κ3) is 3.73. The van der Waals surface area contributed by atoms with Crippen LogP contribution in [-0.4, -0.2) is 35.7 Å². The van der Waals surface area contributed by atoms with Gasteiger partial charge in [0, 0.05) is 25.7 Å². The second kappa shape index (κ2) is 7.86. The quantitative estimate of drug-likeness (QED) is 0.660. The average molecular weight is 444 g/mol. The lowest BCUT2D eigenvalue weighted by atomic mass is 10.0. The summed E-state index contributed by atoms with van der Waals surface area (Å²) in [6, 6.07) is 8.86. The minimum absolute atomic E-state index is 0.127. The molecule has 7 nitrogen and oxygen atoms in total. The molecule has 1 N–H and O–H groups in total. The highest BCUT2D eigenvalue weighted by molar-refractivity contribution is 6.33. The number of piperazine rings is 1. The van der Waals surface area contributed by atoms with Crippen molar-refractivity contribution in [1.82, 2.24) is 15.2 Å². The van der Waals surface area contributed by atoms with Crippen molar-refractivity contribution in [3.05, 3.63) is 64.3 Å². The molecule has 3 aromatic rings. The molecule has 1 fully saturated rings. The molecule has 0 bridgehead atoms. The molecular weight excluding hydrogens is 425 g/mol. The van der Waals surface area contributed by atoms with Crippen LogP contribution in [0.15, 0.2) is 40.8 Å². The fourth-order valence-electron chi connectivity index (χ4n) is 3.86. The molecule has 160 valence electrons. The largest absolute Gasteiger partial charge is 0.454 e. The van der Waals surface area contributed by atoms with Crippen molar-refractivity contribution in [2.24, 2.45) is 0 Å². The van der Waals surface area contributed by atoms with E-state index in [4.69, 9.17) is 25.5 Å². The Morgan fingerprint density at radius 1 is 1.23 bits per heavy atom. The summed E-state index contributed by atoms with van der Waals surface area (Å²) in [7, 11) is 0. The minimum Gasteiger partial charge on any atom is -0.454 e. The number of fused-ring (bicyclic) bond motifs is 1. The first-order valence-corrected chi connectivity index (χ1v) is 10.2. The summed E-state index contributed by atoms with van der Waals surface area (Å²) < 4.78 is 30.0. The van der Waals surface area contributed by atoms with Gasteiger partial charge in [-0.25, -0.2) is 9.37 Å². The van der Waals surface area contributed by atoms with E-state index in [0.717, 1.165) is 5.56 Å². The van der Waals surface area contributed by atoms with Crippen molar-refractivity contribution in [1.29, 1.82) is 0 Å². The standard InChI is InChI=1S/C22H19ClFN3O4/c1-12-17(26-22(31-12)15-8-18-19(9-16(15)23)30-11-29-18)10-27-7-6-25-21(28)20(27)13-2-4-14(24)5-3-13/h2-5,8-9,20H,6-7,10-11H2,1H3,(H,25,28). The number of benzene rings is 2. The zero-order valence-electron chi connectivity index (χ0n) is 16.7. The first kappa shape index (κ1) is 19.8. The van der Waals surface area contributed by atoms with E-state index in [-0.39, 0.29) is 18.5 Å². The number of amides is 1. The second-order valence-corrected chi connectivity index (χ2v) is 7.83. The monoisotopic (exact) mass is 443 g/mol. The van der Waals surface area contributed by atoms with Crippen LogP contribution < -0.4 is 14.8 Å². The van der Waals surface area contributed by atoms with Crippen LogP contribution in [-0.2, 0) is 11.3 Å². The van der Waals surface area contributed by atoms with Gasteiger partial charge < -0.3 is 19.2 Å². The van der Waals surface area contributed by atoms with Gasteiger partial charge in [0.2, 0.25) is 18.6 Å². The van der Waals surface area contributed by atoms with E-state index in [2.05, 4.69) is 10.3 Å². The summed E-state index contributed by atoms with van der Waals surface area (Å²) in [4.78, 5) is 19.3. The molecule has 5 rings (SSSR count). The Hall–Kier alpha value is -3.10. The van der Waals surface area contributed by atoms with Gasteiger partial charge in [-0.1, -0.05) is 23.7 Å². The highest BCUT2D eigenvalue weighted by Crippen LogP contribution is 2.41. The van der Waals surface area contributed by atoms with Gasteiger partial charge in [-0.3, -0.25) is 9.69 Å². The Balaban J connectivity index is 1.44. The molecule has 2 aliphatic heterocycles. The Labute approximate surface area is 182 Å². The smallest absolute Gasteiger partial charge is 0.242 e. The average Bonchev–Trinajstić information content (AvgIpc) is 3.34. The molecule has 1 atom stereocenters. The molecule has 2 aliphatic rings. The third-order valence-electron chi connectivity index (χ3n) is 5.44. The number of nitrogens with zero attached hydrogens (tertiary/aromatic N) is 2. The number of aromatic nitrogens is 1. The molecule has 0 radical (unpaired) electrons. The van der Waals surface area contributed by atoms with Gasteiger partial charge in [-0.2, -0.15) is 0 Å². The van der Waals surface area contributed by atoms with Crippen LogP contribution in [0.4, 0.5) is 4.39 Å². The molecule has 1 unspecified atom stereocenters. The maximum atomic E-state index is 13.4. The number of carbonyl (C=O) groups excluding carboxylic acids is 1. The Morgan fingerprint density at radius 3 is 2.74 bits per heavy atom. The van der Waals surface area contributed by atoms with Crippen molar-refractivity contribution in [3.8, 4) is 23.0 Å². The van der Waals surface area contributed by atoms with Gasteiger partial charge >= 0.3 is 0 Å². The molecule has 31 heavy (non-hydrogen) atoms. The van der Waals surface area contributed by atoms with E-state index in [1.807, 2.05) is 11.8 Å². The highest BCUT2D eigenvalue weighted by atomic mass is 35.5. The number of hydrogen-bond acceptors (Lipinski definition) is 6. The van der Waals surface area contributed by atoms with Crippen LogP contribution in [0.25, 0.3) is 11.5 Å². The van der Waals surface area contributed by atoms with Gasteiger partial charge in [-0.15, -0.1) is 0 Å². The lowest BCUT2D eigenvalue weighted by Crippen LogP contribution is -2.49. The lowest BCUT2D eigenvalue weighted by molar-refractivity contribution is -0.129. The van der Waals surface area contributed by atoms with Gasteiger partial charge in [0.15, 0.2) is 11.5 Å². The van der Waals surface area contributed by atoms with Crippen LogP contribution in [0, 0.1) is 12.7 Å². The predicted molar refractivity (Wildman–Crippen MR) is 110 cm³/mol. The van der Waals surface area contributed by atoms with E-state index in [9.17, 15) is 9.18 Å². The summed E-state index contributed by atoms with van der Waals surface area (Å²) in [6.45, 7) is 3.51. The van der Waals surface area contributed by atoms with Crippen LogP contribution >= 0.6 is 11.6 Å². The van der Waals surface area contributed by atoms with Crippen molar-refractivity contribution in [2.45, 2.75) is 19.5 Å². The maximum absolute atomic E-state index is 13.4. The topological polar surface area (TPSA) is 76.8 Å². The Bertz CT molecular complexity index is 1150. The summed E-state index contributed by atoms with van der Waals surface area (Å²) in [5.74, 6) is 1.70. The number of rotatable bonds is 4. The number of nitrogens with one attached hydrogen (secondary N) is 1. The number of ether oxygens (including phenoxy) is 2. The molecule has 9 heteroatoms. The van der Waals surface area contributed by atoms with Crippen LogP contribution in [0.3, 0.4) is 0 Å². The Morgan fingerprint density at radius 2 is 1.97 bits per heavy atom. The first-order valence-electron chi connectivity index (χ1n) is 9.82. The fraction of sp³-hybridized carbons (Fsp3) is 0.273. The van der Waals surface area contributed by atoms with Crippen LogP contribution in [0.2, 0.25) is 5.02 Å². The minimum atomic E-state index is -0.539. The Kier molecular flexibility index (Phi) is 5.03. The summed E-state index contributed by atoms with van der Waals surface area (Å²) in [5.41, 5.74) is 2.02. The molecule has 2 aromatic carbocycles. The number of aryl methyl sites for hydroxylation is 1. The van der Waals surface area contributed by atoms with Crippen molar-refractivity contribution in [3.63, 3.8) is 0 Å². The number of halogens is 2. The van der Waals surface area contributed by atoms with E-state index in [0.29, 0.717) is 59.1 Å². The van der Waals surface area contributed by atoms with E-state index in [1.54, 1.807) is 24.3 Å². The number of oxazole rings is 1. The highest BCUT2D eigenvalue weighted by Gasteiger charge is 2.32. The molecule has 1 saturated heterocycles. The molecule has 0 spiro atoms. The van der Waals surface area contributed by atoms with E-state index < -0.39 is 6.04 Å². The predicted octanol–water partition coefficient (Wildman–Crippen LogP) is 3.84. The van der Waals surface area contributed by atoms with Gasteiger partial charge in [0.1, 0.15) is 17.6 Å². The SMILES string of the molecule is Cc1oc(-c2cc3c(cc2Cl)OCO3)nc1CN1CCNC(=O)C1c1ccc(F)cc1. The molecule has 1 aromatic heterocycles. The number of carbonyl (C=O) groups is 1. The van der Waals surface area contributed by atoms with Crippen molar-refractivity contribution in [2.75, 3.05) is 19.9 Å². The van der Waals surface area contributed by atoms with E-state index >= 15 is 0 Å². The molecular formula is C22H19ClFN3O4. The molecule has 1 amide bonds. The maximum Gasteiger partial charge on any atom is 0.242 e. The molecule has 3 heterocycles. The number of hydrogen-bond donors (Lipinski definition) is 1. The van der Waals surface area contributed by atoms with Crippen LogP contribution in [0.5, 0.6) is 11.5 Å². The first-order chi connectivity index (χ1) is 15.0. The van der Waals surface area contributed by atoms with Crippen LogP contribution in [0.1, 0.15) is 23.1 Å². The zero-order chi connectivity index (χ0) is 21.5. The fourth-order valence-corrected chi connectivity index (χ4v) is 4.09. The third-order valence-corrected chi connectivity index (χ3v) is 5.75. The van der Waals surface area contributed by atoms with E-state index in [1.165, 1.54) is 12.1 Å². The molecule has 0 saturated carbocycles. The summed E-state index contributed by atoms with van der Waals surface area (Å²) in [5, 5.41) is 3.32. The molecule has 0 aliphatic carbocycles. The van der Waals surface area contributed by atoms with Gasteiger partial charge in [0.05, 0.1) is 16.3 Å². The van der Waals surface area contributed by atoms with Crippen molar-refractivity contribution < 1.29 is 23.1 Å². The second-order valence-electron chi connectivity index (χ2n) is 7.42. The lowest BCUT2D eigenvalue weighted by Gasteiger charge is -2.34. The summed E-state index contributed by atoms with van der Waals surface area (Å²) >= 11 is 6.40. The van der Waals surface area contributed by atoms with Crippen molar-refractivity contribution >= 4 is 17.5 Å². The van der Waals surface area contributed by atoms with Gasteiger partial charge in [0.25, 0.3) is 0 Å². The zero-order valence-corrected chi connectivity index (χ0v) is 17.4. The van der Waals surface area contributed by atoms with Gasteiger partial charge in [-0.05, 0) is 30.7 Å².